The smallest absolute Gasteiger partial charge is 0.227 e. The largest absolute Gasteiger partial charge is 0.492 e. The number of rotatable bonds is 4. The Labute approximate surface area is 116 Å². The second-order valence-electron chi connectivity index (χ2n) is 4.78. The molecular formula is C14H17FN2OS. The van der Waals surface area contributed by atoms with Crippen LogP contribution in [-0.4, -0.2) is 10.1 Å². The number of halogens is 1. The van der Waals surface area contributed by atoms with Crippen LogP contribution in [0.3, 0.4) is 0 Å². The summed E-state index contributed by atoms with van der Waals surface area (Å²) >= 11 is 1.45. The minimum atomic E-state index is -0.245. The Bertz CT molecular complexity index is 551. The van der Waals surface area contributed by atoms with E-state index in [0.717, 1.165) is 10.4 Å². The number of anilines is 1. The van der Waals surface area contributed by atoms with E-state index in [-0.39, 0.29) is 23.7 Å². The minimum absolute atomic E-state index is 0.00571. The van der Waals surface area contributed by atoms with Gasteiger partial charge in [0.1, 0.15) is 5.82 Å². The average Bonchev–Trinajstić information content (AvgIpc) is 2.71. The van der Waals surface area contributed by atoms with E-state index in [9.17, 15) is 9.50 Å². The van der Waals surface area contributed by atoms with Crippen LogP contribution in [-0.2, 0) is 0 Å². The Balaban J connectivity index is 2.12. The lowest BCUT2D eigenvalue weighted by molar-refractivity contribution is 0.449. The standard InChI is InChI=1S/C14H17FN2OS/c1-8(2)12-13(18)17-14(19-12)16-9(3)10-4-6-11(15)7-5-10/h4-9,18H,1-3H3,(H,16,17)/t9-/m1/s1. The van der Waals surface area contributed by atoms with Gasteiger partial charge in [-0.25, -0.2) is 4.39 Å². The molecule has 102 valence electrons. The summed E-state index contributed by atoms with van der Waals surface area (Å²) in [5.74, 6) is 0.0907. The second kappa shape index (κ2) is 5.57. The van der Waals surface area contributed by atoms with Crippen molar-refractivity contribution in [3.05, 3.63) is 40.5 Å². The molecule has 1 aromatic carbocycles. The molecule has 19 heavy (non-hydrogen) atoms. The molecule has 1 aromatic heterocycles. The maximum Gasteiger partial charge on any atom is 0.227 e. The van der Waals surface area contributed by atoms with E-state index in [1.54, 1.807) is 12.1 Å². The zero-order valence-electron chi connectivity index (χ0n) is 11.1. The Morgan fingerprint density at radius 3 is 2.37 bits per heavy atom. The van der Waals surface area contributed by atoms with Crippen LogP contribution < -0.4 is 5.32 Å². The van der Waals surface area contributed by atoms with Gasteiger partial charge in [-0.3, -0.25) is 0 Å². The molecule has 1 heterocycles. The quantitative estimate of drug-likeness (QED) is 0.878. The van der Waals surface area contributed by atoms with Crippen LogP contribution in [0, 0.1) is 5.82 Å². The van der Waals surface area contributed by atoms with E-state index >= 15 is 0 Å². The highest BCUT2D eigenvalue weighted by molar-refractivity contribution is 7.16. The lowest BCUT2D eigenvalue weighted by Crippen LogP contribution is -2.06. The lowest BCUT2D eigenvalue weighted by Gasteiger charge is -2.12. The number of nitrogens with zero attached hydrogens (tertiary/aromatic N) is 1. The summed E-state index contributed by atoms with van der Waals surface area (Å²) in [6.07, 6.45) is 0. The van der Waals surface area contributed by atoms with Crippen molar-refractivity contribution >= 4 is 16.5 Å². The number of aromatic hydroxyl groups is 1. The monoisotopic (exact) mass is 280 g/mol. The lowest BCUT2D eigenvalue weighted by atomic mass is 10.1. The molecule has 0 aliphatic carbocycles. The van der Waals surface area contributed by atoms with Crippen LogP contribution in [0.15, 0.2) is 24.3 Å². The normalized spacial score (nSPS) is 12.7. The van der Waals surface area contributed by atoms with Gasteiger partial charge in [0, 0.05) is 0 Å². The topological polar surface area (TPSA) is 45.2 Å². The van der Waals surface area contributed by atoms with Gasteiger partial charge in [0.2, 0.25) is 5.88 Å². The first-order valence-electron chi connectivity index (χ1n) is 6.19. The molecule has 1 atom stereocenters. The van der Waals surface area contributed by atoms with Gasteiger partial charge in [0.25, 0.3) is 0 Å². The van der Waals surface area contributed by atoms with Gasteiger partial charge in [0.15, 0.2) is 5.13 Å². The van der Waals surface area contributed by atoms with Gasteiger partial charge in [-0.05, 0) is 30.5 Å². The van der Waals surface area contributed by atoms with Crippen LogP contribution in [0.5, 0.6) is 5.88 Å². The molecule has 2 N–H and O–H groups in total. The number of benzene rings is 1. The zero-order chi connectivity index (χ0) is 14.0. The Morgan fingerprint density at radius 2 is 1.84 bits per heavy atom. The first kappa shape index (κ1) is 13.8. The molecule has 0 fully saturated rings. The van der Waals surface area contributed by atoms with Crippen LogP contribution in [0.2, 0.25) is 0 Å². The van der Waals surface area contributed by atoms with E-state index in [2.05, 4.69) is 10.3 Å². The minimum Gasteiger partial charge on any atom is -0.492 e. The third-order valence-electron chi connectivity index (χ3n) is 2.87. The third-order valence-corrected chi connectivity index (χ3v) is 4.15. The Morgan fingerprint density at radius 1 is 1.21 bits per heavy atom. The maximum atomic E-state index is 12.9. The molecule has 0 aliphatic rings. The molecule has 0 spiro atoms. The molecule has 0 saturated heterocycles. The zero-order valence-corrected chi connectivity index (χ0v) is 12.0. The van der Waals surface area contributed by atoms with Gasteiger partial charge in [0.05, 0.1) is 10.9 Å². The molecule has 2 aromatic rings. The highest BCUT2D eigenvalue weighted by atomic mass is 32.1. The molecule has 0 aliphatic heterocycles. The summed E-state index contributed by atoms with van der Waals surface area (Å²) in [6.45, 7) is 6.00. The van der Waals surface area contributed by atoms with Gasteiger partial charge in [-0.15, -0.1) is 0 Å². The van der Waals surface area contributed by atoms with Crippen molar-refractivity contribution in [1.82, 2.24) is 4.98 Å². The highest BCUT2D eigenvalue weighted by Crippen LogP contribution is 2.35. The number of hydrogen-bond donors (Lipinski definition) is 2. The van der Waals surface area contributed by atoms with E-state index in [0.29, 0.717) is 5.13 Å². The van der Waals surface area contributed by atoms with Crippen LogP contribution in [0.1, 0.15) is 43.2 Å². The van der Waals surface area contributed by atoms with E-state index < -0.39 is 0 Å². The summed E-state index contributed by atoms with van der Waals surface area (Å²) in [5, 5.41) is 13.6. The fraction of sp³-hybridized carbons (Fsp3) is 0.357. The van der Waals surface area contributed by atoms with E-state index in [1.807, 2.05) is 20.8 Å². The van der Waals surface area contributed by atoms with E-state index in [4.69, 9.17) is 0 Å². The van der Waals surface area contributed by atoms with Gasteiger partial charge in [-0.1, -0.05) is 37.3 Å². The van der Waals surface area contributed by atoms with Crippen LogP contribution in [0.4, 0.5) is 9.52 Å². The first-order valence-corrected chi connectivity index (χ1v) is 7.00. The molecule has 0 saturated carbocycles. The molecule has 3 nitrogen and oxygen atoms in total. The SMILES string of the molecule is CC(C)c1sc(N[C@H](C)c2ccc(F)cc2)nc1O. The van der Waals surface area contributed by atoms with Gasteiger partial charge in [-0.2, -0.15) is 4.98 Å². The third kappa shape index (κ3) is 3.23. The number of nitrogens with one attached hydrogen (secondary N) is 1. The van der Waals surface area contributed by atoms with Crippen LogP contribution in [0.25, 0.3) is 0 Å². The second-order valence-corrected chi connectivity index (χ2v) is 5.81. The van der Waals surface area contributed by atoms with Crippen LogP contribution >= 0.6 is 11.3 Å². The summed E-state index contributed by atoms with van der Waals surface area (Å²) < 4.78 is 12.9. The number of aromatic nitrogens is 1. The maximum absolute atomic E-state index is 12.9. The molecule has 0 unspecified atom stereocenters. The van der Waals surface area contributed by atoms with Crippen molar-refractivity contribution in [3.8, 4) is 5.88 Å². The van der Waals surface area contributed by atoms with Crippen molar-refractivity contribution in [2.75, 3.05) is 5.32 Å². The van der Waals surface area contributed by atoms with Crippen molar-refractivity contribution in [2.24, 2.45) is 0 Å². The van der Waals surface area contributed by atoms with E-state index in [1.165, 1.54) is 23.5 Å². The molecular weight excluding hydrogens is 263 g/mol. The molecule has 5 heteroatoms. The number of thiazole rings is 1. The van der Waals surface area contributed by atoms with Crippen molar-refractivity contribution < 1.29 is 9.50 Å². The first-order chi connectivity index (χ1) is 8.97. The summed E-state index contributed by atoms with van der Waals surface area (Å²) in [6, 6.07) is 6.36. The molecule has 0 bridgehead atoms. The van der Waals surface area contributed by atoms with Crippen molar-refractivity contribution in [2.45, 2.75) is 32.7 Å². The van der Waals surface area contributed by atoms with Crippen molar-refractivity contribution in [3.63, 3.8) is 0 Å². The Kier molecular flexibility index (Phi) is 4.04. The average molecular weight is 280 g/mol. The Hall–Kier alpha value is -1.62. The molecule has 2 rings (SSSR count). The fourth-order valence-corrected chi connectivity index (χ4v) is 2.73. The number of hydrogen-bond acceptors (Lipinski definition) is 4. The predicted molar refractivity (Wildman–Crippen MR) is 76.3 cm³/mol. The van der Waals surface area contributed by atoms with Gasteiger partial charge >= 0.3 is 0 Å². The highest BCUT2D eigenvalue weighted by Gasteiger charge is 2.15. The molecule has 0 radical (unpaired) electrons. The summed E-state index contributed by atoms with van der Waals surface area (Å²) in [4.78, 5) is 4.97. The summed E-state index contributed by atoms with van der Waals surface area (Å²) in [5.41, 5.74) is 0.974. The van der Waals surface area contributed by atoms with Gasteiger partial charge < -0.3 is 10.4 Å². The fourth-order valence-electron chi connectivity index (χ4n) is 1.78. The molecule has 0 amide bonds. The predicted octanol–water partition coefficient (Wildman–Crippen LogP) is 4.28. The van der Waals surface area contributed by atoms with Crippen molar-refractivity contribution in [1.29, 1.82) is 0 Å². The summed E-state index contributed by atoms with van der Waals surface area (Å²) in [7, 11) is 0.